The molecule has 0 N–H and O–H groups in total. The fourth-order valence-corrected chi connectivity index (χ4v) is 8.71. The molecule has 0 radical (unpaired) electrons. The fraction of sp³-hybridized carbons (Fsp3) is 0.667. The van der Waals surface area contributed by atoms with Crippen molar-refractivity contribution in [2.45, 2.75) is 117 Å². The quantitative estimate of drug-likeness (QED) is 0.350. The highest BCUT2D eigenvalue weighted by Gasteiger charge is 2.51. The molecule has 0 spiro atoms. The Morgan fingerprint density at radius 3 is 2.46 bits per heavy atom. The average molecular weight is 536 g/mol. The summed E-state index contributed by atoms with van der Waals surface area (Å²) in [5.74, 6) is 0.954. The number of allylic oxidation sites excluding steroid dienone is 1. The maximum Gasteiger partial charge on any atom is 0.302 e. The molecule has 2 fully saturated rings. The summed E-state index contributed by atoms with van der Waals surface area (Å²) in [5.41, 5.74) is 7.13. The van der Waals surface area contributed by atoms with Crippen molar-refractivity contribution >= 4 is 17.8 Å². The zero-order valence-corrected chi connectivity index (χ0v) is 24.7. The van der Waals surface area contributed by atoms with Gasteiger partial charge in [0, 0.05) is 39.7 Å². The van der Waals surface area contributed by atoms with Crippen molar-refractivity contribution in [1.82, 2.24) is 4.90 Å². The number of hydrogen-bond donors (Lipinski definition) is 0. The Hall–Kier alpha value is -2.63. The Balaban J connectivity index is 1.44. The first kappa shape index (κ1) is 27.9. The molecule has 0 aromatic heterocycles. The molecule has 0 bridgehead atoms. The van der Waals surface area contributed by atoms with Gasteiger partial charge in [-0.2, -0.15) is 0 Å². The first-order valence-corrected chi connectivity index (χ1v) is 14.8. The number of hydrogen-bond acceptors (Lipinski definition) is 5. The Morgan fingerprint density at radius 2 is 1.79 bits per heavy atom. The minimum atomic E-state index is -0.307. The van der Waals surface area contributed by atoms with Crippen LogP contribution < -0.4 is 0 Å². The van der Waals surface area contributed by atoms with E-state index >= 15 is 0 Å². The van der Waals surface area contributed by atoms with Gasteiger partial charge in [-0.1, -0.05) is 44.6 Å². The standard InChI is InChI=1S/C33H45NO5/c1-18-14-31(39-23(6)37)32(34(17-18)21(4)35)20(3)26-10-11-27-28-9-8-24-15-25(38-22(5)36)12-13-33(24,7)30(28)16-29(27)19(26)2/h8,10-11,18,20,25,28,30-32H,9,12-17H2,1-7H3. The Morgan fingerprint density at radius 1 is 1.08 bits per heavy atom. The second-order valence-electron chi connectivity index (χ2n) is 13.1. The largest absolute Gasteiger partial charge is 0.462 e. The summed E-state index contributed by atoms with van der Waals surface area (Å²) in [7, 11) is 0. The van der Waals surface area contributed by atoms with Crippen LogP contribution in [-0.2, 0) is 30.3 Å². The molecule has 6 heteroatoms. The van der Waals surface area contributed by atoms with Gasteiger partial charge in [0.25, 0.3) is 0 Å². The molecule has 8 unspecified atom stereocenters. The maximum absolute atomic E-state index is 12.8. The lowest BCUT2D eigenvalue weighted by atomic mass is 9.57. The van der Waals surface area contributed by atoms with Crippen molar-refractivity contribution in [3.8, 4) is 0 Å². The van der Waals surface area contributed by atoms with E-state index in [1.165, 1.54) is 41.7 Å². The number of esters is 2. The smallest absolute Gasteiger partial charge is 0.302 e. The number of carbonyl (C=O) groups is 3. The van der Waals surface area contributed by atoms with Gasteiger partial charge in [-0.3, -0.25) is 14.4 Å². The molecule has 6 nitrogen and oxygen atoms in total. The molecule has 1 aromatic carbocycles. The van der Waals surface area contributed by atoms with E-state index in [9.17, 15) is 14.4 Å². The predicted molar refractivity (Wildman–Crippen MR) is 150 cm³/mol. The van der Waals surface area contributed by atoms with Gasteiger partial charge in [0.05, 0.1) is 6.04 Å². The monoisotopic (exact) mass is 535 g/mol. The Bertz CT molecular complexity index is 1200. The number of benzene rings is 1. The van der Waals surface area contributed by atoms with E-state index in [1.807, 2.05) is 4.90 Å². The molecule has 1 aromatic rings. The van der Waals surface area contributed by atoms with E-state index in [1.54, 1.807) is 6.92 Å². The van der Waals surface area contributed by atoms with Crippen LogP contribution in [0.3, 0.4) is 0 Å². The number of rotatable bonds is 4. The van der Waals surface area contributed by atoms with Gasteiger partial charge in [-0.05, 0) is 84.5 Å². The maximum atomic E-state index is 12.8. The zero-order valence-electron chi connectivity index (χ0n) is 24.7. The van der Waals surface area contributed by atoms with Crippen LogP contribution in [-0.4, -0.2) is 47.5 Å². The number of nitrogens with zero attached hydrogens (tertiary/aromatic N) is 1. The van der Waals surface area contributed by atoms with Crippen molar-refractivity contribution in [3.63, 3.8) is 0 Å². The number of amides is 1. The van der Waals surface area contributed by atoms with Gasteiger partial charge in [0.2, 0.25) is 5.91 Å². The van der Waals surface area contributed by atoms with Crippen molar-refractivity contribution in [1.29, 1.82) is 0 Å². The molecule has 1 heterocycles. The van der Waals surface area contributed by atoms with Crippen molar-refractivity contribution in [3.05, 3.63) is 46.0 Å². The number of carbonyl (C=O) groups excluding carboxylic acids is 3. The summed E-state index contributed by atoms with van der Waals surface area (Å²) in [6.07, 6.45) is 7.83. The van der Waals surface area contributed by atoms with Crippen LogP contribution in [0, 0.1) is 24.2 Å². The third-order valence-corrected chi connectivity index (χ3v) is 10.5. The second-order valence-corrected chi connectivity index (χ2v) is 13.1. The summed E-state index contributed by atoms with van der Waals surface area (Å²) in [5, 5.41) is 0. The highest BCUT2D eigenvalue weighted by Crippen LogP contribution is 2.60. The molecule has 5 rings (SSSR count). The molecule has 212 valence electrons. The van der Waals surface area contributed by atoms with Gasteiger partial charge in [0.1, 0.15) is 12.2 Å². The molecular formula is C33H45NO5. The van der Waals surface area contributed by atoms with Crippen molar-refractivity contribution < 1.29 is 23.9 Å². The number of fused-ring (bicyclic) bond motifs is 5. The van der Waals surface area contributed by atoms with Crippen LogP contribution >= 0.6 is 0 Å². The van der Waals surface area contributed by atoms with Crippen LogP contribution in [0.1, 0.15) is 108 Å². The van der Waals surface area contributed by atoms with E-state index < -0.39 is 0 Å². The summed E-state index contributed by atoms with van der Waals surface area (Å²) in [6.45, 7) is 14.3. The van der Waals surface area contributed by atoms with E-state index in [0.29, 0.717) is 18.4 Å². The van der Waals surface area contributed by atoms with E-state index in [0.717, 1.165) is 38.5 Å². The van der Waals surface area contributed by atoms with Gasteiger partial charge in [0.15, 0.2) is 0 Å². The fourth-order valence-electron chi connectivity index (χ4n) is 8.71. The number of piperidine rings is 1. The van der Waals surface area contributed by atoms with E-state index in [-0.39, 0.29) is 53.3 Å². The van der Waals surface area contributed by atoms with Crippen molar-refractivity contribution in [2.24, 2.45) is 17.3 Å². The minimum Gasteiger partial charge on any atom is -0.462 e. The third kappa shape index (κ3) is 4.93. The van der Waals surface area contributed by atoms with Gasteiger partial charge in [-0.25, -0.2) is 0 Å². The molecule has 1 amide bonds. The summed E-state index contributed by atoms with van der Waals surface area (Å²) in [4.78, 5) is 38.3. The van der Waals surface area contributed by atoms with Crippen LogP contribution in [0.5, 0.6) is 0 Å². The van der Waals surface area contributed by atoms with Crippen LogP contribution in [0.25, 0.3) is 0 Å². The summed E-state index contributed by atoms with van der Waals surface area (Å²) in [6, 6.07) is 4.45. The summed E-state index contributed by atoms with van der Waals surface area (Å²) < 4.78 is 11.4. The van der Waals surface area contributed by atoms with Crippen LogP contribution in [0.15, 0.2) is 23.8 Å². The zero-order chi connectivity index (χ0) is 28.2. The molecule has 8 atom stereocenters. The van der Waals surface area contributed by atoms with Crippen LogP contribution in [0.2, 0.25) is 0 Å². The molecule has 1 saturated heterocycles. The van der Waals surface area contributed by atoms with E-state index in [4.69, 9.17) is 9.47 Å². The molecule has 39 heavy (non-hydrogen) atoms. The first-order chi connectivity index (χ1) is 18.4. The molecule has 4 aliphatic rings. The number of ether oxygens (including phenoxy) is 2. The molecular weight excluding hydrogens is 490 g/mol. The van der Waals surface area contributed by atoms with Crippen LogP contribution in [0.4, 0.5) is 0 Å². The topological polar surface area (TPSA) is 72.9 Å². The normalized spacial score (nSPS) is 34.2. The molecule has 1 saturated carbocycles. The number of likely N-dealkylation sites (tertiary alicyclic amines) is 1. The first-order valence-electron chi connectivity index (χ1n) is 14.8. The van der Waals surface area contributed by atoms with E-state index in [2.05, 4.69) is 45.9 Å². The summed E-state index contributed by atoms with van der Waals surface area (Å²) >= 11 is 0. The lowest BCUT2D eigenvalue weighted by molar-refractivity contribution is -0.160. The van der Waals surface area contributed by atoms with Crippen molar-refractivity contribution in [2.75, 3.05) is 6.54 Å². The van der Waals surface area contributed by atoms with Gasteiger partial charge >= 0.3 is 11.9 Å². The van der Waals surface area contributed by atoms with Gasteiger partial charge in [-0.15, -0.1) is 0 Å². The predicted octanol–water partition coefficient (Wildman–Crippen LogP) is 6.00. The second kappa shape index (κ2) is 10.4. The average Bonchev–Trinajstić information content (AvgIpc) is 3.24. The Kier molecular flexibility index (Phi) is 7.45. The lowest BCUT2D eigenvalue weighted by Gasteiger charge is -2.48. The highest BCUT2D eigenvalue weighted by molar-refractivity contribution is 5.74. The highest BCUT2D eigenvalue weighted by atomic mass is 16.5. The lowest BCUT2D eigenvalue weighted by Crippen LogP contribution is -2.56. The van der Waals surface area contributed by atoms with Gasteiger partial charge < -0.3 is 14.4 Å². The third-order valence-electron chi connectivity index (χ3n) is 10.5. The molecule has 3 aliphatic carbocycles. The minimum absolute atomic E-state index is 0.00365. The Labute approximate surface area is 233 Å². The SMILES string of the molecule is CC(=O)OC1CCC2(C)C(=CCC3c4ccc(C(C)C5C(OC(C)=O)CC(C)CN5C(C)=O)c(C)c4CC32)C1. The molecule has 1 aliphatic heterocycles.